The summed E-state index contributed by atoms with van der Waals surface area (Å²) in [7, 11) is 0. The van der Waals surface area contributed by atoms with E-state index in [1.165, 1.54) is 5.56 Å². The quantitative estimate of drug-likeness (QED) is 0.813. The number of likely N-dealkylation sites (tertiary alicyclic amines) is 1. The fraction of sp³-hybridized carbons (Fsp3) is 0.619. The van der Waals surface area contributed by atoms with E-state index in [0.717, 1.165) is 52.0 Å². The molecule has 0 spiro atoms. The van der Waals surface area contributed by atoms with E-state index in [-0.39, 0.29) is 23.8 Å². The van der Waals surface area contributed by atoms with E-state index < -0.39 is 0 Å². The van der Waals surface area contributed by atoms with Crippen molar-refractivity contribution in [3.8, 4) is 0 Å². The molecule has 1 aromatic carbocycles. The second-order valence-corrected chi connectivity index (χ2v) is 7.57. The highest BCUT2D eigenvalue weighted by molar-refractivity contribution is 5.84. The van der Waals surface area contributed by atoms with E-state index in [2.05, 4.69) is 24.0 Å². The van der Waals surface area contributed by atoms with Crippen LogP contribution in [0, 0.1) is 5.92 Å². The highest BCUT2D eigenvalue weighted by Crippen LogP contribution is 2.21. The summed E-state index contributed by atoms with van der Waals surface area (Å²) in [5.41, 5.74) is 1.18. The molecule has 2 aliphatic rings. The SMILES string of the molecule is CC[C@H](C)C(=O)N1CCCN([C@H]2CCN(Cc3ccccc3)C2=O)CC1. The van der Waals surface area contributed by atoms with Gasteiger partial charge in [-0.15, -0.1) is 0 Å². The van der Waals surface area contributed by atoms with Crippen molar-refractivity contribution in [2.75, 3.05) is 32.7 Å². The van der Waals surface area contributed by atoms with Gasteiger partial charge in [-0.1, -0.05) is 44.2 Å². The standard InChI is InChI=1S/C21H31N3O2/c1-3-17(2)20(25)23-12-7-11-22(14-15-23)19-10-13-24(21(19)26)16-18-8-5-4-6-9-18/h4-6,8-9,17,19H,3,7,10-16H2,1-2H3/t17-,19-/m0/s1. The second kappa shape index (κ2) is 8.67. The number of amides is 2. The third-order valence-corrected chi connectivity index (χ3v) is 5.80. The Kier molecular flexibility index (Phi) is 6.30. The van der Waals surface area contributed by atoms with E-state index in [1.54, 1.807) is 0 Å². The predicted molar refractivity (Wildman–Crippen MR) is 102 cm³/mol. The number of carbonyl (C=O) groups is 2. The van der Waals surface area contributed by atoms with Crippen molar-refractivity contribution in [3.05, 3.63) is 35.9 Å². The first kappa shape index (κ1) is 18.9. The molecule has 3 rings (SSSR count). The lowest BCUT2D eigenvalue weighted by atomic mass is 10.1. The number of nitrogens with zero attached hydrogens (tertiary/aromatic N) is 3. The van der Waals surface area contributed by atoms with Gasteiger partial charge in [0.15, 0.2) is 0 Å². The minimum absolute atomic E-state index is 0.0163. The molecule has 5 nitrogen and oxygen atoms in total. The largest absolute Gasteiger partial charge is 0.341 e. The summed E-state index contributed by atoms with van der Waals surface area (Å²) >= 11 is 0. The Hall–Kier alpha value is -1.88. The normalized spacial score (nSPS) is 23.2. The first-order valence-corrected chi connectivity index (χ1v) is 9.95. The third-order valence-electron chi connectivity index (χ3n) is 5.80. The van der Waals surface area contributed by atoms with E-state index in [1.807, 2.05) is 34.9 Å². The molecule has 0 unspecified atom stereocenters. The lowest BCUT2D eigenvalue weighted by Gasteiger charge is -2.27. The molecule has 0 N–H and O–H groups in total. The molecule has 2 aliphatic heterocycles. The molecule has 26 heavy (non-hydrogen) atoms. The van der Waals surface area contributed by atoms with Gasteiger partial charge in [-0.3, -0.25) is 14.5 Å². The summed E-state index contributed by atoms with van der Waals surface area (Å²) in [5, 5.41) is 0. The zero-order valence-corrected chi connectivity index (χ0v) is 16.1. The summed E-state index contributed by atoms with van der Waals surface area (Å²) in [6.07, 6.45) is 2.73. The van der Waals surface area contributed by atoms with E-state index in [4.69, 9.17) is 0 Å². The average Bonchev–Trinajstić information content (AvgIpc) is 2.87. The summed E-state index contributed by atoms with van der Waals surface area (Å²) in [6, 6.07) is 10.2. The topological polar surface area (TPSA) is 43.9 Å². The Bertz CT molecular complexity index is 619. The molecule has 5 heteroatoms. The molecular weight excluding hydrogens is 326 g/mol. The van der Waals surface area contributed by atoms with Gasteiger partial charge in [-0.25, -0.2) is 0 Å². The maximum Gasteiger partial charge on any atom is 0.240 e. The fourth-order valence-electron chi connectivity index (χ4n) is 3.98. The van der Waals surface area contributed by atoms with E-state index in [0.29, 0.717) is 6.54 Å². The van der Waals surface area contributed by atoms with Crippen molar-refractivity contribution in [2.24, 2.45) is 5.92 Å². The molecule has 0 radical (unpaired) electrons. The predicted octanol–water partition coefficient (Wildman–Crippen LogP) is 2.37. The van der Waals surface area contributed by atoms with Crippen molar-refractivity contribution in [3.63, 3.8) is 0 Å². The van der Waals surface area contributed by atoms with Crippen LogP contribution < -0.4 is 0 Å². The first-order chi connectivity index (χ1) is 12.6. The maximum atomic E-state index is 12.9. The Morgan fingerprint density at radius 3 is 2.62 bits per heavy atom. The zero-order valence-electron chi connectivity index (χ0n) is 16.1. The van der Waals surface area contributed by atoms with Crippen molar-refractivity contribution < 1.29 is 9.59 Å². The van der Waals surface area contributed by atoms with Crippen molar-refractivity contribution in [1.29, 1.82) is 0 Å². The lowest BCUT2D eigenvalue weighted by Crippen LogP contribution is -2.44. The van der Waals surface area contributed by atoms with Crippen LogP contribution in [0.1, 0.15) is 38.7 Å². The highest BCUT2D eigenvalue weighted by Gasteiger charge is 2.36. The monoisotopic (exact) mass is 357 g/mol. The van der Waals surface area contributed by atoms with E-state index in [9.17, 15) is 9.59 Å². The van der Waals surface area contributed by atoms with Crippen LogP contribution in [-0.2, 0) is 16.1 Å². The van der Waals surface area contributed by atoms with Gasteiger partial charge in [0.05, 0.1) is 6.04 Å². The van der Waals surface area contributed by atoms with E-state index >= 15 is 0 Å². The molecule has 0 aliphatic carbocycles. The fourth-order valence-corrected chi connectivity index (χ4v) is 3.98. The zero-order chi connectivity index (χ0) is 18.5. The van der Waals surface area contributed by atoms with Gasteiger partial charge in [0.2, 0.25) is 11.8 Å². The highest BCUT2D eigenvalue weighted by atomic mass is 16.2. The number of benzene rings is 1. The number of hydrogen-bond donors (Lipinski definition) is 0. The Morgan fingerprint density at radius 2 is 1.88 bits per heavy atom. The molecule has 142 valence electrons. The summed E-state index contributed by atoms with van der Waals surface area (Å²) in [5.74, 6) is 0.601. The molecule has 2 atom stereocenters. The van der Waals surface area contributed by atoms with Gasteiger partial charge in [-0.05, 0) is 24.8 Å². The van der Waals surface area contributed by atoms with Crippen LogP contribution in [0.3, 0.4) is 0 Å². The lowest BCUT2D eigenvalue weighted by molar-refractivity contribution is -0.134. The molecule has 1 aromatic rings. The van der Waals surface area contributed by atoms with Gasteiger partial charge in [0.1, 0.15) is 0 Å². The molecule has 0 saturated carbocycles. The molecule has 0 bridgehead atoms. The number of hydrogen-bond acceptors (Lipinski definition) is 3. The number of rotatable bonds is 5. The van der Waals surface area contributed by atoms with Crippen molar-refractivity contribution in [2.45, 2.75) is 45.7 Å². The Labute approximate surface area is 156 Å². The maximum absolute atomic E-state index is 12.9. The van der Waals surface area contributed by atoms with Crippen LogP contribution in [0.4, 0.5) is 0 Å². The Morgan fingerprint density at radius 1 is 1.12 bits per heavy atom. The van der Waals surface area contributed by atoms with Gasteiger partial charge >= 0.3 is 0 Å². The molecule has 2 amide bonds. The van der Waals surface area contributed by atoms with Gasteiger partial charge in [0, 0.05) is 45.2 Å². The van der Waals surface area contributed by atoms with Crippen LogP contribution in [0.2, 0.25) is 0 Å². The first-order valence-electron chi connectivity index (χ1n) is 9.95. The van der Waals surface area contributed by atoms with Crippen molar-refractivity contribution in [1.82, 2.24) is 14.7 Å². The molecule has 2 saturated heterocycles. The smallest absolute Gasteiger partial charge is 0.240 e. The van der Waals surface area contributed by atoms with Crippen molar-refractivity contribution >= 4 is 11.8 Å². The van der Waals surface area contributed by atoms with Gasteiger partial charge < -0.3 is 9.80 Å². The second-order valence-electron chi connectivity index (χ2n) is 7.57. The van der Waals surface area contributed by atoms with Crippen LogP contribution in [-0.4, -0.2) is 65.3 Å². The van der Waals surface area contributed by atoms with Gasteiger partial charge in [0.25, 0.3) is 0 Å². The third kappa shape index (κ3) is 4.26. The minimum Gasteiger partial charge on any atom is -0.341 e. The average molecular weight is 357 g/mol. The van der Waals surface area contributed by atoms with Gasteiger partial charge in [-0.2, -0.15) is 0 Å². The van der Waals surface area contributed by atoms with Crippen LogP contribution in [0.5, 0.6) is 0 Å². The number of carbonyl (C=O) groups excluding carboxylic acids is 2. The molecular formula is C21H31N3O2. The minimum atomic E-state index is -0.0163. The molecule has 2 heterocycles. The molecule has 0 aromatic heterocycles. The summed E-state index contributed by atoms with van der Waals surface area (Å²) < 4.78 is 0. The Balaban J connectivity index is 1.56. The van der Waals surface area contributed by atoms with Crippen LogP contribution in [0.15, 0.2) is 30.3 Å². The molecule has 2 fully saturated rings. The van der Waals surface area contributed by atoms with Crippen LogP contribution in [0.25, 0.3) is 0 Å². The van der Waals surface area contributed by atoms with Crippen LogP contribution >= 0.6 is 0 Å². The summed E-state index contributed by atoms with van der Waals surface area (Å²) in [4.78, 5) is 31.6. The summed E-state index contributed by atoms with van der Waals surface area (Å²) in [6.45, 7) is 8.85.